The molecule has 0 saturated carbocycles. The Morgan fingerprint density at radius 1 is 1.28 bits per heavy atom. The summed E-state index contributed by atoms with van der Waals surface area (Å²) in [6.45, 7) is 11.0. The lowest BCUT2D eigenvalue weighted by atomic mass is 10.1. The van der Waals surface area contributed by atoms with Gasteiger partial charge in [-0.25, -0.2) is 4.98 Å². The van der Waals surface area contributed by atoms with Gasteiger partial charge in [0, 0.05) is 49.9 Å². The van der Waals surface area contributed by atoms with Gasteiger partial charge in [-0.05, 0) is 30.2 Å². The number of rotatable bonds is 6. The summed E-state index contributed by atoms with van der Waals surface area (Å²) in [6.07, 6.45) is 4.15. The number of nitrogens with zero attached hydrogens (tertiary/aromatic N) is 4. The van der Waals surface area contributed by atoms with Crippen molar-refractivity contribution >= 4 is 34.0 Å². The van der Waals surface area contributed by atoms with E-state index in [4.69, 9.17) is 16.3 Å². The fourth-order valence-corrected chi connectivity index (χ4v) is 4.36. The molecule has 0 aliphatic carbocycles. The number of carbonyl (C=O) groups is 1. The largest absolute Gasteiger partial charge is 0.378 e. The molecule has 0 bridgehead atoms. The predicted octanol–water partition coefficient (Wildman–Crippen LogP) is 3.18. The summed E-state index contributed by atoms with van der Waals surface area (Å²) in [6, 6.07) is 4.09. The monoisotopic (exact) mass is 452 g/mol. The number of halogens is 1. The van der Waals surface area contributed by atoms with Crippen LogP contribution in [0.25, 0.3) is 16.6 Å². The molecule has 2 aliphatic rings. The van der Waals surface area contributed by atoms with Crippen molar-refractivity contribution in [2.45, 2.75) is 13.3 Å². The van der Waals surface area contributed by atoms with Crippen LogP contribution < -0.4 is 0 Å². The van der Waals surface area contributed by atoms with Crippen molar-refractivity contribution in [2.75, 3.05) is 39.4 Å². The molecule has 3 aromatic heterocycles. The van der Waals surface area contributed by atoms with Crippen LogP contribution in [0, 0.1) is 6.92 Å². The van der Waals surface area contributed by atoms with Crippen LogP contribution in [0.2, 0.25) is 5.02 Å². The van der Waals surface area contributed by atoms with E-state index < -0.39 is 0 Å². The van der Waals surface area contributed by atoms with Crippen LogP contribution in [0.15, 0.2) is 36.8 Å². The van der Waals surface area contributed by atoms with Crippen molar-refractivity contribution in [2.24, 2.45) is 0 Å². The number of hydrogen-bond donors (Lipinski definition) is 2. The number of H-pyrrole nitrogens is 2. The number of aromatic amines is 2. The van der Waals surface area contributed by atoms with Crippen LogP contribution in [0.5, 0.6) is 0 Å². The number of ether oxygens (including phenoxy) is 1. The van der Waals surface area contributed by atoms with E-state index in [0.717, 1.165) is 67.5 Å². The number of Topliss-reactive ketones (excluding diaryl/α,β-unsaturated/α-hetero) is 1. The maximum absolute atomic E-state index is 12.6. The third kappa shape index (κ3) is 3.91. The first-order chi connectivity index (χ1) is 15.5. The van der Waals surface area contributed by atoms with Crippen molar-refractivity contribution in [3.05, 3.63) is 64.5 Å². The SMILES string of the molecule is C=C(N1CCOCC1)N1CC=C(c2cc3cc(CC(=O)c4n[nH]c(C)c4Cl)cnc3[nH]2)C1. The van der Waals surface area contributed by atoms with E-state index in [1.807, 2.05) is 6.07 Å². The molecule has 0 unspecified atom stereocenters. The zero-order valence-corrected chi connectivity index (χ0v) is 18.7. The van der Waals surface area contributed by atoms with Crippen LogP contribution in [-0.2, 0) is 11.2 Å². The molecular formula is C23H25ClN6O2. The summed E-state index contributed by atoms with van der Waals surface area (Å²) in [7, 11) is 0. The maximum atomic E-state index is 12.6. The molecule has 2 N–H and O–H groups in total. The lowest BCUT2D eigenvalue weighted by molar-refractivity contribution is 0.0410. The third-order valence-corrected chi connectivity index (χ3v) is 6.50. The van der Waals surface area contributed by atoms with Crippen LogP contribution in [0.4, 0.5) is 0 Å². The summed E-state index contributed by atoms with van der Waals surface area (Å²) in [5.41, 5.74) is 4.85. The number of carbonyl (C=O) groups excluding carboxylic acids is 1. The van der Waals surface area contributed by atoms with Gasteiger partial charge in [-0.3, -0.25) is 9.89 Å². The Kier molecular flexibility index (Phi) is 5.48. The maximum Gasteiger partial charge on any atom is 0.189 e. The summed E-state index contributed by atoms with van der Waals surface area (Å²) < 4.78 is 5.44. The van der Waals surface area contributed by atoms with E-state index in [-0.39, 0.29) is 17.9 Å². The van der Waals surface area contributed by atoms with Gasteiger partial charge in [-0.15, -0.1) is 0 Å². The molecule has 8 nitrogen and oxygen atoms in total. The zero-order chi connectivity index (χ0) is 22.2. The average Bonchev–Trinajstić information content (AvgIpc) is 3.53. The molecular weight excluding hydrogens is 428 g/mol. The Bertz CT molecular complexity index is 1220. The number of aryl methyl sites for hydroxylation is 1. The Labute approximate surface area is 190 Å². The first-order valence-electron chi connectivity index (χ1n) is 10.7. The lowest BCUT2D eigenvalue weighted by Gasteiger charge is -2.35. The van der Waals surface area contributed by atoms with Crippen molar-refractivity contribution in [1.82, 2.24) is 30.0 Å². The molecule has 5 rings (SSSR count). The highest BCUT2D eigenvalue weighted by Crippen LogP contribution is 2.27. The van der Waals surface area contributed by atoms with Gasteiger partial charge in [0.1, 0.15) is 11.3 Å². The van der Waals surface area contributed by atoms with Gasteiger partial charge in [-0.2, -0.15) is 5.10 Å². The Balaban J connectivity index is 1.28. The van der Waals surface area contributed by atoms with E-state index in [1.165, 1.54) is 5.57 Å². The quantitative estimate of drug-likeness (QED) is 0.558. The molecule has 0 spiro atoms. The van der Waals surface area contributed by atoms with E-state index in [1.54, 1.807) is 13.1 Å². The average molecular weight is 453 g/mol. The van der Waals surface area contributed by atoms with E-state index in [2.05, 4.69) is 48.7 Å². The smallest absolute Gasteiger partial charge is 0.189 e. The predicted molar refractivity (Wildman–Crippen MR) is 124 cm³/mol. The molecule has 0 amide bonds. The van der Waals surface area contributed by atoms with Crippen LogP contribution in [0.3, 0.4) is 0 Å². The standard InChI is InChI=1S/C23H25ClN6O2/c1-14-21(24)22(28-27-14)20(31)10-16-9-18-11-19(26-23(18)25-12-16)17-3-4-30(13-17)15(2)29-5-7-32-8-6-29/h3,9,11-12H,2,4-8,10,13H2,1H3,(H,25,26)(H,27,28). The van der Waals surface area contributed by atoms with Crippen molar-refractivity contribution in [1.29, 1.82) is 0 Å². The number of morpholine rings is 1. The molecule has 9 heteroatoms. The Hall–Kier alpha value is -3.10. The normalized spacial score (nSPS) is 16.6. The fourth-order valence-electron chi connectivity index (χ4n) is 4.17. The van der Waals surface area contributed by atoms with Crippen LogP contribution in [-0.4, -0.2) is 75.1 Å². The molecule has 166 valence electrons. The van der Waals surface area contributed by atoms with Gasteiger partial charge < -0.3 is 19.5 Å². The van der Waals surface area contributed by atoms with Crippen molar-refractivity contribution in [3.63, 3.8) is 0 Å². The van der Waals surface area contributed by atoms with Gasteiger partial charge in [-0.1, -0.05) is 24.3 Å². The molecule has 1 fully saturated rings. The molecule has 0 aromatic carbocycles. The minimum atomic E-state index is -0.132. The summed E-state index contributed by atoms with van der Waals surface area (Å²) in [5.74, 6) is 0.911. The number of pyridine rings is 1. The molecule has 5 heterocycles. The third-order valence-electron chi connectivity index (χ3n) is 6.03. The summed E-state index contributed by atoms with van der Waals surface area (Å²) in [4.78, 5) is 25.1. The molecule has 3 aromatic rings. The highest BCUT2D eigenvalue weighted by Gasteiger charge is 2.23. The van der Waals surface area contributed by atoms with Gasteiger partial charge in [0.2, 0.25) is 0 Å². The topological polar surface area (TPSA) is 90.1 Å². The fraction of sp³-hybridized carbons (Fsp3) is 0.348. The number of hydrogen-bond acceptors (Lipinski definition) is 6. The van der Waals surface area contributed by atoms with Gasteiger partial charge >= 0.3 is 0 Å². The number of nitrogens with one attached hydrogen (secondary N) is 2. The second-order valence-corrected chi connectivity index (χ2v) is 8.58. The summed E-state index contributed by atoms with van der Waals surface area (Å²) in [5, 5.41) is 8.13. The highest BCUT2D eigenvalue weighted by atomic mass is 35.5. The lowest BCUT2D eigenvalue weighted by Crippen LogP contribution is -2.41. The first kappa shape index (κ1) is 20.8. The van der Waals surface area contributed by atoms with Gasteiger partial charge in [0.05, 0.1) is 29.8 Å². The van der Waals surface area contributed by atoms with Crippen LogP contribution in [0.1, 0.15) is 27.4 Å². The Morgan fingerprint density at radius 3 is 2.84 bits per heavy atom. The minimum Gasteiger partial charge on any atom is -0.378 e. The molecule has 2 aliphatic heterocycles. The number of fused-ring (bicyclic) bond motifs is 1. The van der Waals surface area contributed by atoms with Gasteiger partial charge in [0.25, 0.3) is 0 Å². The molecule has 0 radical (unpaired) electrons. The Morgan fingerprint density at radius 2 is 2.09 bits per heavy atom. The van der Waals surface area contributed by atoms with E-state index in [9.17, 15) is 4.79 Å². The van der Waals surface area contributed by atoms with E-state index >= 15 is 0 Å². The van der Waals surface area contributed by atoms with E-state index in [0.29, 0.717) is 10.7 Å². The number of ketones is 1. The second-order valence-electron chi connectivity index (χ2n) is 8.20. The first-order valence-corrected chi connectivity index (χ1v) is 11.0. The minimum absolute atomic E-state index is 0.132. The zero-order valence-electron chi connectivity index (χ0n) is 17.9. The summed E-state index contributed by atoms with van der Waals surface area (Å²) >= 11 is 6.16. The highest BCUT2D eigenvalue weighted by molar-refractivity contribution is 6.34. The van der Waals surface area contributed by atoms with Crippen molar-refractivity contribution < 1.29 is 9.53 Å². The van der Waals surface area contributed by atoms with Crippen LogP contribution >= 0.6 is 11.6 Å². The van der Waals surface area contributed by atoms with Gasteiger partial charge in [0.15, 0.2) is 5.78 Å². The number of aromatic nitrogens is 4. The molecule has 32 heavy (non-hydrogen) atoms. The molecule has 1 saturated heterocycles. The van der Waals surface area contributed by atoms with Crippen molar-refractivity contribution in [3.8, 4) is 0 Å². The molecule has 0 atom stereocenters. The second kappa shape index (κ2) is 8.44.